The number of fused-ring (bicyclic) bond motifs is 1. The minimum absolute atomic E-state index is 0.648. The van der Waals surface area contributed by atoms with E-state index in [0.717, 1.165) is 27.8 Å². The van der Waals surface area contributed by atoms with Crippen LogP contribution < -0.4 is 0 Å². The maximum atomic E-state index is 4.90. The fourth-order valence-corrected chi connectivity index (χ4v) is 7.68. The van der Waals surface area contributed by atoms with Gasteiger partial charge in [-0.25, -0.2) is 15.0 Å². The van der Waals surface area contributed by atoms with Crippen LogP contribution in [0, 0.1) is 0 Å². The Labute approximate surface area is 338 Å². The molecule has 0 fully saturated rings. The summed E-state index contributed by atoms with van der Waals surface area (Å²) in [5.74, 6) is 1.96. The van der Waals surface area contributed by atoms with Crippen molar-refractivity contribution in [3.8, 4) is 89.8 Å². The van der Waals surface area contributed by atoms with Crippen LogP contribution in [0.5, 0.6) is 0 Å². The maximum absolute atomic E-state index is 4.90. The zero-order valence-electron chi connectivity index (χ0n) is 31.7. The molecule has 10 aromatic rings. The smallest absolute Gasteiger partial charge is 0.164 e. The van der Waals surface area contributed by atoms with Crippen molar-refractivity contribution in [3.05, 3.63) is 224 Å². The van der Waals surface area contributed by atoms with Crippen LogP contribution in [-0.4, -0.2) is 15.0 Å². The fourth-order valence-electron chi connectivity index (χ4n) is 7.68. The Morgan fingerprint density at radius 3 is 0.983 bits per heavy atom. The van der Waals surface area contributed by atoms with Crippen LogP contribution in [0.15, 0.2) is 224 Å². The Morgan fingerprint density at radius 1 is 0.207 bits per heavy atom. The lowest BCUT2D eigenvalue weighted by Gasteiger charge is -2.13. The molecule has 0 aliphatic carbocycles. The highest BCUT2D eigenvalue weighted by Crippen LogP contribution is 2.37. The topological polar surface area (TPSA) is 38.7 Å². The van der Waals surface area contributed by atoms with E-state index in [9.17, 15) is 0 Å². The van der Waals surface area contributed by atoms with Crippen molar-refractivity contribution in [1.29, 1.82) is 0 Å². The van der Waals surface area contributed by atoms with Crippen LogP contribution in [-0.2, 0) is 0 Å². The summed E-state index contributed by atoms with van der Waals surface area (Å²) in [5.41, 5.74) is 14.7. The van der Waals surface area contributed by atoms with E-state index < -0.39 is 0 Å². The predicted molar refractivity (Wildman–Crippen MR) is 241 cm³/mol. The molecule has 0 radical (unpaired) electrons. The molecule has 9 aromatic carbocycles. The molecule has 3 nitrogen and oxygen atoms in total. The molecule has 0 aliphatic rings. The lowest BCUT2D eigenvalue weighted by Crippen LogP contribution is -2.00. The molecular formula is C55H37N3. The molecular weight excluding hydrogens is 703 g/mol. The maximum Gasteiger partial charge on any atom is 0.164 e. The van der Waals surface area contributed by atoms with Crippen molar-refractivity contribution < 1.29 is 0 Å². The first-order valence-corrected chi connectivity index (χ1v) is 19.6. The average molecular weight is 740 g/mol. The molecule has 0 saturated heterocycles. The molecule has 0 spiro atoms. The fraction of sp³-hybridized carbons (Fsp3) is 0. The monoisotopic (exact) mass is 739 g/mol. The summed E-state index contributed by atoms with van der Waals surface area (Å²) in [6.07, 6.45) is 0. The number of benzene rings is 9. The number of hydrogen-bond donors (Lipinski definition) is 0. The van der Waals surface area contributed by atoms with Gasteiger partial charge < -0.3 is 0 Å². The van der Waals surface area contributed by atoms with Gasteiger partial charge in [-0.05, 0) is 84.6 Å². The Morgan fingerprint density at radius 2 is 0.517 bits per heavy atom. The van der Waals surface area contributed by atoms with Gasteiger partial charge in [-0.15, -0.1) is 0 Å². The number of nitrogens with zero attached hydrogens (tertiary/aromatic N) is 3. The average Bonchev–Trinajstić information content (AvgIpc) is 3.32. The first kappa shape index (κ1) is 34.7. The number of rotatable bonds is 8. The third-order valence-corrected chi connectivity index (χ3v) is 10.8. The van der Waals surface area contributed by atoms with Gasteiger partial charge in [0.05, 0.1) is 0 Å². The van der Waals surface area contributed by atoms with Crippen LogP contribution in [0.4, 0.5) is 0 Å². The Balaban J connectivity index is 0.922. The van der Waals surface area contributed by atoms with Crippen LogP contribution in [0.25, 0.3) is 101 Å². The van der Waals surface area contributed by atoms with Gasteiger partial charge >= 0.3 is 0 Å². The van der Waals surface area contributed by atoms with Crippen molar-refractivity contribution in [2.24, 2.45) is 0 Å². The van der Waals surface area contributed by atoms with Gasteiger partial charge in [-0.1, -0.05) is 206 Å². The normalized spacial score (nSPS) is 11.1. The van der Waals surface area contributed by atoms with Gasteiger partial charge in [0.25, 0.3) is 0 Å². The third kappa shape index (κ3) is 7.09. The molecule has 0 saturated carbocycles. The van der Waals surface area contributed by atoms with Crippen LogP contribution in [0.1, 0.15) is 0 Å². The van der Waals surface area contributed by atoms with E-state index in [4.69, 9.17) is 15.0 Å². The number of aromatic nitrogens is 3. The summed E-state index contributed by atoms with van der Waals surface area (Å²) in [4.78, 5) is 14.6. The van der Waals surface area contributed by atoms with Crippen molar-refractivity contribution in [1.82, 2.24) is 15.0 Å². The lowest BCUT2D eigenvalue weighted by atomic mass is 9.91. The van der Waals surface area contributed by atoms with Crippen LogP contribution in [0.3, 0.4) is 0 Å². The highest BCUT2D eigenvalue weighted by molar-refractivity contribution is 5.98. The van der Waals surface area contributed by atoms with Gasteiger partial charge in [0.2, 0.25) is 0 Å². The second-order valence-electron chi connectivity index (χ2n) is 14.5. The van der Waals surface area contributed by atoms with Crippen molar-refractivity contribution in [2.45, 2.75) is 0 Å². The molecule has 272 valence electrons. The SMILES string of the molecule is c1ccc(-c2cc(-c3ccc(-c4ccc(-c5ccc(-c6nc(-c7ccccc7)nc(-c7ccccc7)n6)cc5)cc4)cc3)cc(-c3cccc4ccccc34)c2)cc1. The van der Waals surface area contributed by atoms with E-state index in [2.05, 4.69) is 164 Å². The highest BCUT2D eigenvalue weighted by atomic mass is 15.0. The lowest BCUT2D eigenvalue weighted by molar-refractivity contribution is 1.07. The molecule has 0 atom stereocenters. The van der Waals surface area contributed by atoms with E-state index in [1.165, 1.54) is 55.3 Å². The predicted octanol–water partition coefficient (Wildman–Crippen LogP) is 14.4. The second kappa shape index (κ2) is 15.4. The zero-order valence-corrected chi connectivity index (χ0v) is 31.7. The van der Waals surface area contributed by atoms with E-state index in [-0.39, 0.29) is 0 Å². The standard InChI is InChI=1S/C55H37N3/c1-4-13-38(14-5-1)48-35-49(37-50(36-48)52-22-12-20-44-15-10-11-21-51(44)52)43-29-27-41(28-30-43)39-23-25-40(26-24-39)42-31-33-47(34-32-42)55-57-53(45-16-6-2-7-17-45)56-54(58-55)46-18-8-3-9-19-46/h1-37H. The Kier molecular flexibility index (Phi) is 9.23. The van der Waals surface area contributed by atoms with E-state index in [1.54, 1.807) is 0 Å². The summed E-state index contributed by atoms with van der Waals surface area (Å²) in [5, 5.41) is 2.50. The Bertz CT molecular complexity index is 2930. The quantitative estimate of drug-likeness (QED) is 0.156. The molecule has 0 bridgehead atoms. The summed E-state index contributed by atoms with van der Waals surface area (Å²) in [6, 6.07) is 79.2. The summed E-state index contributed by atoms with van der Waals surface area (Å²) in [6.45, 7) is 0. The summed E-state index contributed by atoms with van der Waals surface area (Å²) < 4.78 is 0. The van der Waals surface area contributed by atoms with Crippen molar-refractivity contribution >= 4 is 10.8 Å². The number of hydrogen-bond acceptors (Lipinski definition) is 3. The second-order valence-corrected chi connectivity index (χ2v) is 14.5. The third-order valence-electron chi connectivity index (χ3n) is 10.8. The molecule has 0 amide bonds. The largest absolute Gasteiger partial charge is 0.208 e. The minimum atomic E-state index is 0.648. The van der Waals surface area contributed by atoms with Gasteiger partial charge in [0.15, 0.2) is 17.5 Å². The van der Waals surface area contributed by atoms with Gasteiger partial charge in [-0.3, -0.25) is 0 Å². The van der Waals surface area contributed by atoms with Crippen molar-refractivity contribution in [3.63, 3.8) is 0 Å². The molecule has 0 N–H and O–H groups in total. The first-order valence-electron chi connectivity index (χ1n) is 19.6. The van der Waals surface area contributed by atoms with Crippen molar-refractivity contribution in [2.75, 3.05) is 0 Å². The highest BCUT2D eigenvalue weighted by Gasteiger charge is 2.14. The Hall–Kier alpha value is -7.75. The molecule has 10 rings (SSSR count). The van der Waals surface area contributed by atoms with Gasteiger partial charge in [-0.2, -0.15) is 0 Å². The molecule has 58 heavy (non-hydrogen) atoms. The molecule has 0 unspecified atom stereocenters. The zero-order chi connectivity index (χ0) is 38.7. The molecule has 1 heterocycles. The molecule has 1 aromatic heterocycles. The van der Waals surface area contributed by atoms with E-state index in [1.807, 2.05) is 60.7 Å². The van der Waals surface area contributed by atoms with Gasteiger partial charge in [0, 0.05) is 16.7 Å². The van der Waals surface area contributed by atoms with Crippen LogP contribution >= 0.6 is 0 Å². The minimum Gasteiger partial charge on any atom is -0.208 e. The summed E-state index contributed by atoms with van der Waals surface area (Å²) in [7, 11) is 0. The molecule has 0 aliphatic heterocycles. The molecule has 3 heteroatoms. The van der Waals surface area contributed by atoms with E-state index >= 15 is 0 Å². The summed E-state index contributed by atoms with van der Waals surface area (Å²) >= 11 is 0. The van der Waals surface area contributed by atoms with Crippen LogP contribution in [0.2, 0.25) is 0 Å². The van der Waals surface area contributed by atoms with Gasteiger partial charge in [0.1, 0.15) is 0 Å². The van der Waals surface area contributed by atoms with E-state index in [0.29, 0.717) is 17.5 Å². The first-order chi connectivity index (χ1) is 28.7.